The molecule has 1 aliphatic rings. The highest BCUT2D eigenvalue weighted by Crippen LogP contribution is 2.24. The molecular formula is C17H22N4O. The van der Waals surface area contributed by atoms with Gasteiger partial charge in [-0.2, -0.15) is 5.10 Å². The number of rotatable bonds is 3. The molecule has 2 aromatic heterocycles. The Bertz CT molecular complexity index is 650. The van der Waals surface area contributed by atoms with Crippen molar-refractivity contribution in [1.29, 1.82) is 0 Å². The van der Waals surface area contributed by atoms with E-state index in [0.29, 0.717) is 11.5 Å². The van der Waals surface area contributed by atoms with Crippen LogP contribution in [0.25, 0.3) is 5.82 Å². The van der Waals surface area contributed by atoms with Gasteiger partial charge in [-0.15, -0.1) is 0 Å². The first-order valence-electron chi connectivity index (χ1n) is 7.93. The Balaban J connectivity index is 1.78. The molecule has 1 N–H and O–H groups in total. The summed E-state index contributed by atoms with van der Waals surface area (Å²) in [5.74, 6) is 1.24. The summed E-state index contributed by atoms with van der Waals surface area (Å²) in [5, 5.41) is 7.49. The molecular weight excluding hydrogens is 276 g/mol. The van der Waals surface area contributed by atoms with Crippen molar-refractivity contribution >= 4 is 5.91 Å². The Morgan fingerprint density at radius 2 is 2.14 bits per heavy atom. The predicted octanol–water partition coefficient (Wildman–Crippen LogP) is 2.88. The van der Waals surface area contributed by atoms with Crippen molar-refractivity contribution < 1.29 is 4.79 Å². The van der Waals surface area contributed by atoms with Gasteiger partial charge < -0.3 is 5.32 Å². The fourth-order valence-electron chi connectivity index (χ4n) is 3.12. The fourth-order valence-corrected chi connectivity index (χ4v) is 3.12. The highest BCUT2D eigenvalue weighted by Gasteiger charge is 2.24. The molecule has 0 bridgehead atoms. The van der Waals surface area contributed by atoms with Crippen LogP contribution >= 0.6 is 0 Å². The molecule has 1 aliphatic carbocycles. The topological polar surface area (TPSA) is 59.8 Å². The Morgan fingerprint density at radius 3 is 2.86 bits per heavy atom. The van der Waals surface area contributed by atoms with E-state index in [1.54, 1.807) is 17.1 Å². The summed E-state index contributed by atoms with van der Waals surface area (Å²) in [7, 11) is 0. The van der Waals surface area contributed by atoms with Gasteiger partial charge in [0.2, 0.25) is 0 Å². The van der Waals surface area contributed by atoms with Crippen LogP contribution in [-0.4, -0.2) is 26.7 Å². The quantitative estimate of drug-likeness (QED) is 0.948. The van der Waals surface area contributed by atoms with E-state index in [1.807, 2.05) is 25.1 Å². The maximum absolute atomic E-state index is 12.5. The average molecular weight is 298 g/mol. The molecule has 1 fully saturated rings. The van der Waals surface area contributed by atoms with E-state index >= 15 is 0 Å². The van der Waals surface area contributed by atoms with Gasteiger partial charge in [-0.25, -0.2) is 9.67 Å². The van der Waals surface area contributed by atoms with E-state index in [0.717, 1.165) is 17.9 Å². The van der Waals surface area contributed by atoms with Gasteiger partial charge in [-0.05, 0) is 37.8 Å². The van der Waals surface area contributed by atoms with Gasteiger partial charge >= 0.3 is 0 Å². The van der Waals surface area contributed by atoms with Crippen molar-refractivity contribution in [1.82, 2.24) is 20.1 Å². The van der Waals surface area contributed by atoms with E-state index in [4.69, 9.17) is 0 Å². The molecule has 5 nitrogen and oxygen atoms in total. The van der Waals surface area contributed by atoms with Crippen molar-refractivity contribution in [2.24, 2.45) is 5.92 Å². The van der Waals surface area contributed by atoms with E-state index in [1.165, 1.54) is 19.3 Å². The number of amides is 1. The summed E-state index contributed by atoms with van der Waals surface area (Å²) >= 11 is 0. The number of pyridine rings is 1. The molecule has 2 unspecified atom stereocenters. The SMILES string of the molecule is Cc1c(C(=O)NC2CCCCC2C)cnn1-c1ccccn1. The number of hydrogen-bond donors (Lipinski definition) is 1. The van der Waals surface area contributed by atoms with Crippen LogP contribution in [0.5, 0.6) is 0 Å². The van der Waals surface area contributed by atoms with E-state index in [9.17, 15) is 4.79 Å². The number of nitrogens with one attached hydrogen (secondary N) is 1. The second-order valence-electron chi connectivity index (χ2n) is 6.09. The van der Waals surface area contributed by atoms with Crippen molar-refractivity contribution in [3.05, 3.63) is 41.9 Å². The van der Waals surface area contributed by atoms with Gasteiger partial charge in [0.1, 0.15) is 0 Å². The monoisotopic (exact) mass is 298 g/mol. The summed E-state index contributed by atoms with van der Waals surface area (Å²) < 4.78 is 1.71. The first-order chi connectivity index (χ1) is 10.7. The molecule has 1 saturated carbocycles. The maximum atomic E-state index is 12.5. The van der Waals surface area contributed by atoms with E-state index < -0.39 is 0 Å². The smallest absolute Gasteiger partial charge is 0.254 e. The van der Waals surface area contributed by atoms with Crippen molar-refractivity contribution in [3.63, 3.8) is 0 Å². The fraction of sp³-hybridized carbons (Fsp3) is 0.471. The van der Waals surface area contributed by atoms with Crippen LogP contribution in [0.1, 0.15) is 48.7 Å². The minimum absolute atomic E-state index is 0.0292. The summed E-state index contributed by atoms with van der Waals surface area (Å²) in [6.45, 7) is 4.12. The minimum Gasteiger partial charge on any atom is -0.349 e. The average Bonchev–Trinajstić information content (AvgIpc) is 2.92. The molecule has 0 aromatic carbocycles. The first kappa shape index (κ1) is 14.8. The van der Waals surface area contributed by atoms with Crippen LogP contribution in [0.3, 0.4) is 0 Å². The number of nitrogens with zero attached hydrogens (tertiary/aromatic N) is 3. The molecule has 0 radical (unpaired) electrons. The lowest BCUT2D eigenvalue weighted by molar-refractivity contribution is 0.0909. The Hall–Kier alpha value is -2.17. The lowest BCUT2D eigenvalue weighted by Crippen LogP contribution is -2.41. The largest absolute Gasteiger partial charge is 0.349 e. The zero-order valence-corrected chi connectivity index (χ0v) is 13.1. The summed E-state index contributed by atoms with van der Waals surface area (Å²) in [4.78, 5) is 16.8. The summed E-state index contributed by atoms with van der Waals surface area (Å²) in [5.41, 5.74) is 1.45. The van der Waals surface area contributed by atoms with Crippen LogP contribution < -0.4 is 5.32 Å². The van der Waals surface area contributed by atoms with Gasteiger partial charge in [0.25, 0.3) is 5.91 Å². The third kappa shape index (κ3) is 2.89. The molecule has 116 valence electrons. The van der Waals surface area contributed by atoms with E-state index in [2.05, 4.69) is 22.3 Å². The highest BCUT2D eigenvalue weighted by molar-refractivity contribution is 5.95. The number of hydrogen-bond acceptors (Lipinski definition) is 3. The standard InChI is InChI=1S/C17H22N4O/c1-12-7-3-4-8-15(12)20-17(22)14-11-19-21(13(14)2)16-9-5-6-10-18-16/h5-6,9-12,15H,3-4,7-8H2,1-2H3,(H,20,22). The first-order valence-corrected chi connectivity index (χ1v) is 7.93. The summed E-state index contributed by atoms with van der Waals surface area (Å²) in [6, 6.07) is 5.93. The normalized spacial score (nSPS) is 21.5. The Morgan fingerprint density at radius 1 is 1.32 bits per heavy atom. The Labute approximate surface area is 130 Å². The lowest BCUT2D eigenvalue weighted by atomic mass is 9.86. The van der Waals surface area contributed by atoms with Crippen molar-refractivity contribution in [2.75, 3.05) is 0 Å². The molecule has 3 rings (SSSR count). The molecule has 0 saturated heterocycles. The third-order valence-electron chi connectivity index (χ3n) is 4.55. The number of aromatic nitrogens is 3. The number of carbonyl (C=O) groups excluding carboxylic acids is 1. The number of carbonyl (C=O) groups is 1. The molecule has 22 heavy (non-hydrogen) atoms. The molecule has 1 amide bonds. The van der Waals surface area contributed by atoms with Gasteiger partial charge in [0, 0.05) is 12.2 Å². The molecule has 5 heteroatoms. The van der Waals surface area contributed by atoms with Crippen LogP contribution in [0, 0.1) is 12.8 Å². The molecule has 0 aliphatic heterocycles. The van der Waals surface area contributed by atoms with Crippen LogP contribution in [0.15, 0.2) is 30.6 Å². The highest BCUT2D eigenvalue weighted by atomic mass is 16.1. The second kappa shape index (κ2) is 6.30. The second-order valence-corrected chi connectivity index (χ2v) is 6.09. The van der Waals surface area contributed by atoms with Crippen LogP contribution in [0.4, 0.5) is 0 Å². The maximum Gasteiger partial charge on any atom is 0.254 e. The predicted molar refractivity (Wildman–Crippen MR) is 85.0 cm³/mol. The minimum atomic E-state index is -0.0292. The van der Waals surface area contributed by atoms with Gasteiger partial charge in [0.05, 0.1) is 17.5 Å². The van der Waals surface area contributed by atoms with Crippen molar-refractivity contribution in [3.8, 4) is 5.82 Å². The van der Waals surface area contributed by atoms with Gasteiger partial charge in [-0.3, -0.25) is 4.79 Å². The van der Waals surface area contributed by atoms with Crippen molar-refractivity contribution in [2.45, 2.75) is 45.6 Å². The molecule has 2 aromatic rings. The van der Waals surface area contributed by atoms with Gasteiger partial charge in [0.15, 0.2) is 5.82 Å². The van der Waals surface area contributed by atoms with E-state index in [-0.39, 0.29) is 11.9 Å². The molecule has 2 heterocycles. The Kier molecular flexibility index (Phi) is 4.22. The van der Waals surface area contributed by atoms with Crippen LogP contribution in [0.2, 0.25) is 0 Å². The molecule has 2 atom stereocenters. The third-order valence-corrected chi connectivity index (χ3v) is 4.55. The lowest BCUT2D eigenvalue weighted by Gasteiger charge is -2.29. The van der Waals surface area contributed by atoms with Gasteiger partial charge in [-0.1, -0.05) is 25.8 Å². The zero-order chi connectivity index (χ0) is 15.5. The summed E-state index contributed by atoms with van der Waals surface area (Å²) in [6.07, 6.45) is 8.08. The van der Waals surface area contributed by atoms with Crippen LogP contribution in [-0.2, 0) is 0 Å². The zero-order valence-electron chi connectivity index (χ0n) is 13.1. The molecule has 0 spiro atoms.